The number of carbonyl (C=O) groups is 2. The van der Waals surface area contributed by atoms with Gasteiger partial charge in [-0.2, -0.15) is 5.10 Å². The van der Waals surface area contributed by atoms with Crippen LogP contribution in [0, 0.1) is 5.92 Å². The van der Waals surface area contributed by atoms with Crippen LogP contribution in [0.5, 0.6) is 0 Å². The van der Waals surface area contributed by atoms with Crippen molar-refractivity contribution in [3.05, 3.63) is 52.8 Å². The fourth-order valence-electron chi connectivity index (χ4n) is 3.49. The largest absolute Gasteiger partial charge is 0.354 e. The first-order chi connectivity index (χ1) is 13.9. The summed E-state index contributed by atoms with van der Waals surface area (Å²) >= 11 is 0. The zero-order chi connectivity index (χ0) is 20.8. The molecule has 2 heterocycles. The zero-order valence-corrected chi connectivity index (χ0v) is 17.8. The van der Waals surface area contributed by atoms with Gasteiger partial charge in [-0.3, -0.25) is 14.4 Å². The van der Waals surface area contributed by atoms with Crippen LogP contribution in [-0.2, 0) is 16.1 Å². The van der Waals surface area contributed by atoms with E-state index in [1.54, 1.807) is 11.0 Å². The molecule has 9 heteroatoms. The Bertz CT molecular complexity index is 918. The molecular formula is C21H28ClN5O3. The van der Waals surface area contributed by atoms with E-state index < -0.39 is 0 Å². The van der Waals surface area contributed by atoms with Crippen LogP contribution in [-0.4, -0.2) is 52.2 Å². The second kappa shape index (κ2) is 10.9. The van der Waals surface area contributed by atoms with Crippen LogP contribution in [0.1, 0.15) is 19.8 Å². The third kappa shape index (κ3) is 6.14. The highest BCUT2D eigenvalue weighted by Gasteiger charge is 2.28. The lowest BCUT2D eigenvalue weighted by Crippen LogP contribution is -2.42. The van der Waals surface area contributed by atoms with E-state index in [-0.39, 0.29) is 54.8 Å². The maximum Gasteiger partial charge on any atom is 0.266 e. The maximum absolute atomic E-state index is 12.6. The van der Waals surface area contributed by atoms with Gasteiger partial charge < -0.3 is 16.0 Å². The summed E-state index contributed by atoms with van der Waals surface area (Å²) in [7, 11) is 0. The van der Waals surface area contributed by atoms with Crippen molar-refractivity contribution in [3.63, 3.8) is 0 Å². The number of hydrogen-bond acceptors (Lipinski definition) is 5. The lowest BCUT2D eigenvalue weighted by Gasteiger charge is -2.23. The van der Waals surface area contributed by atoms with Gasteiger partial charge in [0, 0.05) is 44.2 Å². The van der Waals surface area contributed by atoms with Gasteiger partial charge in [0.25, 0.3) is 5.56 Å². The van der Waals surface area contributed by atoms with Gasteiger partial charge in [0.1, 0.15) is 0 Å². The van der Waals surface area contributed by atoms with Gasteiger partial charge in [-0.15, -0.1) is 12.4 Å². The summed E-state index contributed by atoms with van der Waals surface area (Å²) in [6.07, 6.45) is 1.33. The highest BCUT2D eigenvalue weighted by atomic mass is 35.5. The Kier molecular flexibility index (Phi) is 8.56. The lowest BCUT2D eigenvalue weighted by molar-refractivity contribution is -0.131. The standard InChI is InChI=1S/C21H27N5O3.ClH/c1-15(27)25-13-17(7-8-18(22)14-25)21(29)23-11-12-26-20(28)10-9-19(24-26)16-5-3-2-4-6-16;/h2-6,9-10,17-18H,7-8,11-14,22H2,1H3,(H,23,29);1H/t17-,18+;/m1./s1. The molecule has 1 saturated heterocycles. The van der Waals surface area contributed by atoms with E-state index in [9.17, 15) is 14.4 Å². The molecule has 0 radical (unpaired) electrons. The smallest absolute Gasteiger partial charge is 0.266 e. The Balaban J connectivity index is 0.00000320. The number of carbonyl (C=O) groups excluding carboxylic acids is 2. The van der Waals surface area contributed by atoms with Crippen molar-refractivity contribution in [2.75, 3.05) is 19.6 Å². The first-order valence-electron chi connectivity index (χ1n) is 9.86. The van der Waals surface area contributed by atoms with E-state index in [1.165, 1.54) is 17.7 Å². The number of nitrogens with one attached hydrogen (secondary N) is 1. The molecule has 0 aliphatic carbocycles. The van der Waals surface area contributed by atoms with Crippen molar-refractivity contribution >= 4 is 24.2 Å². The minimum Gasteiger partial charge on any atom is -0.354 e. The number of rotatable bonds is 5. The van der Waals surface area contributed by atoms with Gasteiger partial charge in [-0.25, -0.2) is 4.68 Å². The molecule has 1 aromatic carbocycles. The summed E-state index contributed by atoms with van der Waals surface area (Å²) < 4.78 is 1.35. The molecule has 0 bridgehead atoms. The molecule has 3 rings (SSSR count). The van der Waals surface area contributed by atoms with Gasteiger partial charge in [0.05, 0.1) is 18.2 Å². The highest BCUT2D eigenvalue weighted by Crippen LogP contribution is 2.17. The van der Waals surface area contributed by atoms with Crippen molar-refractivity contribution < 1.29 is 9.59 Å². The number of nitrogens with two attached hydrogens (primary N) is 1. The number of likely N-dealkylation sites (tertiary alicyclic amines) is 1. The van der Waals surface area contributed by atoms with Crippen LogP contribution in [0.15, 0.2) is 47.3 Å². The lowest BCUT2D eigenvalue weighted by atomic mass is 10.0. The van der Waals surface area contributed by atoms with E-state index in [0.29, 0.717) is 31.6 Å². The third-order valence-corrected chi connectivity index (χ3v) is 5.16. The van der Waals surface area contributed by atoms with Crippen molar-refractivity contribution in [2.24, 2.45) is 11.7 Å². The molecule has 3 N–H and O–H groups in total. The molecule has 1 aliphatic heterocycles. The molecule has 1 fully saturated rings. The zero-order valence-electron chi connectivity index (χ0n) is 17.0. The van der Waals surface area contributed by atoms with E-state index in [1.807, 2.05) is 30.3 Å². The van der Waals surface area contributed by atoms with Crippen molar-refractivity contribution in [2.45, 2.75) is 32.4 Å². The second-order valence-electron chi connectivity index (χ2n) is 7.40. The fourth-order valence-corrected chi connectivity index (χ4v) is 3.49. The first kappa shape index (κ1) is 23.6. The fraction of sp³-hybridized carbons (Fsp3) is 0.429. The van der Waals surface area contributed by atoms with Gasteiger partial charge in [0.2, 0.25) is 11.8 Å². The topological polar surface area (TPSA) is 110 Å². The van der Waals surface area contributed by atoms with Crippen LogP contribution >= 0.6 is 12.4 Å². The van der Waals surface area contributed by atoms with Gasteiger partial charge in [-0.05, 0) is 18.9 Å². The molecule has 2 aromatic rings. The molecule has 0 spiro atoms. The molecule has 30 heavy (non-hydrogen) atoms. The monoisotopic (exact) mass is 433 g/mol. The Morgan fingerprint density at radius 1 is 1.13 bits per heavy atom. The summed E-state index contributed by atoms with van der Waals surface area (Å²) in [6, 6.07) is 12.7. The quantitative estimate of drug-likeness (QED) is 0.731. The number of halogens is 1. The Hall–Kier alpha value is -2.71. The molecule has 2 amide bonds. The summed E-state index contributed by atoms with van der Waals surface area (Å²) in [5.41, 5.74) is 7.41. The molecule has 8 nitrogen and oxygen atoms in total. The molecule has 0 saturated carbocycles. The highest BCUT2D eigenvalue weighted by molar-refractivity contribution is 5.85. The van der Waals surface area contributed by atoms with E-state index in [2.05, 4.69) is 10.4 Å². The third-order valence-electron chi connectivity index (χ3n) is 5.16. The minimum absolute atomic E-state index is 0. The Morgan fingerprint density at radius 3 is 2.57 bits per heavy atom. The molecule has 2 atom stereocenters. The van der Waals surface area contributed by atoms with E-state index in [0.717, 1.165) is 5.56 Å². The van der Waals surface area contributed by atoms with Crippen LogP contribution in [0.2, 0.25) is 0 Å². The van der Waals surface area contributed by atoms with Gasteiger partial charge in [0.15, 0.2) is 0 Å². The minimum atomic E-state index is -0.298. The number of amides is 2. The van der Waals surface area contributed by atoms with E-state index >= 15 is 0 Å². The molecule has 162 valence electrons. The number of benzene rings is 1. The van der Waals surface area contributed by atoms with Crippen molar-refractivity contribution in [1.29, 1.82) is 0 Å². The normalized spacial score (nSPS) is 18.8. The van der Waals surface area contributed by atoms with Crippen LogP contribution in [0.4, 0.5) is 0 Å². The van der Waals surface area contributed by atoms with Crippen LogP contribution in [0.25, 0.3) is 11.3 Å². The predicted octanol–water partition coefficient (Wildman–Crippen LogP) is 1.03. The summed E-state index contributed by atoms with van der Waals surface area (Å²) in [4.78, 5) is 38.1. The molecule has 1 aliphatic rings. The Morgan fingerprint density at radius 2 is 1.87 bits per heavy atom. The van der Waals surface area contributed by atoms with Gasteiger partial charge in [-0.1, -0.05) is 30.3 Å². The maximum atomic E-state index is 12.6. The molecule has 1 aromatic heterocycles. The molecular weight excluding hydrogens is 406 g/mol. The van der Waals surface area contributed by atoms with E-state index in [4.69, 9.17) is 5.73 Å². The second-order valence-corrected chi connectivity index (χ2v) is 7.40. The average Bonchev–Trinajstić information content (AvgIpc) is 2.92. The molecule has 0 unspecified atom stereocenters. The van der Waals surface area contributed by atoms with Crippen molar-refractivity contribution in [3.8, 4) is 11.3 Å². The Labute approximate surface area is 181 Å². The van der Waals surface area contributed by atoms with Crippen LogP contribution < -0.4 is 16.6 Å². The average molecular weight is 434 g/mol. The predicted molar refractivity (Wildman–Crippen MR) is 117 cm³/mol. The summed E-state index contributed by atoms with van der Waals surface area (Å²) in [5, 5.41) is 7.27. The van der Waals surface area contributed by atoms with Crippen LogP contribution in [0.3, 0.4) is 0 Å². The summed E-state index contributed by atoms with van der Waals surface area (Å²) in [5.74, 6) is -0.501. The SMILES string of the molecule is CC(=O)N1C[C@@H](N)CC[C@@H](C(=O)NCCn2nc(-c3ccccc3)ccc2=O)C1.Cl. The number of hydrogen-bond donors (Lipinski definition) is 2. The van der Waals surface area contributed by atoms with Gasteiger partial charge >= 0.3 is 0 Å². The number of aromatic nitrogens is 2. The first-order valence-corrected chi connectivity index (χ1v) is 9.86. The number of nitrogens with zero attached hydrogens (tertiary/aromatic N) is 3. The van der Waals surface area contributed by atoms with Crippen molar-refractivity contribution in [1.82, 2.24) is 20.0 Å². The summed E-state index contributed by atoms with van der Waals surface area (Å²) in [6.45, 7) is 2.90.